The molecule has 1 saturated heterocycles. The van der Waals surface area contributed by atoms with Gasteiger partial charge in [-0.3, -0.25) is 4.79 Å². The first-order valence-electron chi connectivity index (χ1n) is 11.5. The van der Waals surface area contributed by atoms with E-state index in [-0.39, 0.29) is 23.7 Å². The fourth-order valence-corrected chi connectivity index (χ4v) is 4.99. The van der Waals surface area contributed by atoms with E-state index in [1.807, 2.05) is 24.8 Å². The average Bonchev–Trinajstić information content (AvgIpc) is 3.09. The number of carbonyl (C=O) groups excluding carboxylic acids is 1. The van der Waals surface area contributed by atoms with E-state index in [9.17, 15) is 14.3 Å². The van der Waals surface area contributed by atoms with Crippen LogP contribution in [0.4, 0.5) is 10.2 Å². The van der Waals surface area contributed by atoms with Crippen molar-refractivity contribution in [1.82, 2.24) is 20.2 Å². The molecule has 7 nitrogen and oxygen atoms in total. The van der Waals surface area contributed by atoms with Crippen LogP contribution in [0.25, 0.3) is 0 Å². The van der Waals surface area contributed by atoms with Gasteiger partial charge in [0.2, 0.25) is 5.91 Å². The van der Waals surface area contributed by atoms with Crippen LogP contribution in [0.15, 0.2) is 29.0 Å². The fourth-order valence-electron chi connectivity index (χ4n) is 4.74. The second-order valence-corrected chi connectivity index (χ2v) is 10.1. The average molecular weight is 520 g/mol. The maximum absolute atomic E-state index is 14.2. The van der Waals surface area contributed by atoms with Crippen molar-refractivity contribution in [2.24, 2.45) is 0 Å². The minimum absolute atomic E-state index is 0.00114. The molecule has 2 N–H and O–H groups in total. The number of benzene rings is 1. The van der Waals surface area contributed by atoms with Crippen LogP contribution < -0.4 is 10.2 Å². The predicted octanol–water partition coefficient (Wildman–Crippen LogP) is 3.35. The summed E-state index contributed by atoms with van der Waals surface area (Å²) in [5, 5.41) is 13.6. The van der Waals surface area contributed by atoms with E-state index in [0.29, 0.717) is 49.2 Å². The highest BCUT2D eigenvalue weighted by molar-refractivity contribution is 9.10. The van der Waals surface area contributed by atoms with E-state index >= 15 is 0 Å². The number of fused-ring (bicyclic) bond motifs is 1. The van der Waals surface area contributed by atoms with Crippen molar-refractivity contribution >= 4 is 27.7 Å². The van der Waals surface area contributed by atoms with E-state index in [1.54, 1.807) is 6.07 Å². The molecule has 0 radical (unpaired) electrons. The summed E-state index contributed by atoms with van der Waals surface area (Å²) in [7, 11) is 0. The van der Waals surface area contributed by atoms with Gasteiger partial charge in [-0.1, -0.05) is 26.8 Å². The van der Waals surface area contributed by atoms with Crippen molar-refractivity contribution < 1.29 is 14.3 Å². The van der Waals surface area contributed by atoms with Crippen LogP contribution in [-0.2, 0) is 4.79 Å². The molecule has 1 fully saturated rings. The van der Waals surface area contributed by atoms with Gasteiger partial charge in [0, 0.05) is 44.3 Å². The van der Waals surface area contributed by atoms with Crippen molar-refractivity contribution in [3.63, 3.8) is 0 Å². The second-order valence-electron chi connectivity index (χ2n) is 9.25. The van der Waals surface area contributed by atoms with Crippen molar-refractivity contribution in [2.45, 2.75) is 51.2 Å². The number of amides is 1. The summed E-state index contributed by atoms with van der Waals surface area (Å²) in [6.07, 6.45) is 1.64. The number of hydrogen-bond acceptors (Lipinski definition) is 6. The molecular weight excluding hydrogens is 489 g/mol. The molecule has 4 rings (SSSR count). The zero-order valence-corrected chi connectivity index (χ0v) is 20.8. The number of piperazine rings is 1. The predicted molar refractivity (Wildman–Crippen MR) is 129 cm³/mol. The maximum Gasteiger partial charge on any atom is 0.231 e. The fraction of sp³-hybridized carbons (Fsp3) is 0.542. The lowest BCUT2D eigenvalue weighted by molar-refractivity contribution is -0.133. The lowest BCUT2D eigenvalue weighted by Gasteiger charge is -2.38. The van der Waals surface area contributed by atoms with Gasteiger partial charge in [0.15, 0.2) is 0 Å². The summed E-state index contributed by atoms with van der Waals surface area (Å²) in [6.45, 7) is 9.02. The normalized spacial score (nSPS) is 21.4. The molecule has 1 amide bonds. The first-order valence-corrected chi connectivity index (χ1v) is 12.3. The van der Waals surface area contributed by atoms with E-state index in [0.717, 1.165) is 17.1 Å². The Morgan fingerprint density at radius 1 is 1.27 bits per heavy atom. The second kappa shape index (κ2) is 10.0. The van der Waals surface area contributed by atoms with E-state index in [2.05, 4.69) is 43.0 Å². The molecule has 2 aliphatic rings. The number of nitrogens with zero attached hydrogens (tertiary/aromatic N) is 4. The summed E-state index contributed by atoms with van der Waals surface area (Å²) in [5.74, 6) is 0.239. The van der Waals surface area contributed by atoms with Gasteiger partial charge in [-0.05, 0) is 46.0 Å². The van der Waals surface area contributed by atoms with E-state index < -0.39 is 12.0 Å². The molecular formula is C24H31BrFN5O2. The van der Waals surface area contributed by atoms with Crippen LogP contribution in [0.5, 0.6) is 0 Å². The zero-order valence-electron chi connectivity index (χ0n) is 19.3. The van der Waals surface area contributed by atoms with Gasteiger partial charge < -0.3 is 20.2 Å². The molecule has 2 heterocycles. The summed E-state index contributed by atoms with van der Waals surface area (Å²) in [4.78, 5) is 26.4. The topological polar surface area (TPSA) is 81.6 Å². The Balaban J connectivity index is 1.49. The van der Waals surface area contributed by atoms with Gasteiger partial charge in [-0.25, -0.2) is 14.4 Å². The van der Waals surface area contributed by atoms with Gasteiger partial charge in [0.1, 0.15) is 18.0 Å². The molecule has 1 aromatic carbocycles. The van der Waals surface area contributed by atoms with Gasteiger partial charge in [0.25, 0.3) is 0 Å². The Labute approximate surface area is 202 Å². The first-order chi connectivity index (χ1) is 15.8. The molecule has 178 valence electrons. The number of aromatic nitrogens is 2. The quantitative estimate of drug-likeness (QED) is 0.608. The number of carbonyl (C=O) groups is 1. The Bertz CT molecular complexity index is 1010. The summed E-state index contributed by atoms with van der Waals surface area (Å²) >= 11 is 3.19. The lowest BCUT2D eigenvalue weighted by atomic mass is 9.96. The summed E-state index contributed by atoms with van der Waals surface area (Å²) in [5.41, 5.74) is 2.42. The molecule has 0 spiro atoms. The molecule has 0 saturated carbocycles. The van der Waals surface area contributed by atoms with Crippen molar-refractivity contribution in [3.05, 3.63) is 51.6 Å². The SMILES string of the molecule is CC(C)NC[C@@H](C(=O)N1CCN(c2ncnc3c2C(C)C[C@H]3O)CC1)c1ccc(Br)c(F)c1. The first kappa shape index (κ1) is 24.0. The zero-order chi connectivity index (χ0) is 23.7. The third-order valence-electron chi connectivity index (χ3n) is 6.54. The molecule has 1 unspecified atom stereocenters. The molecule has 2 aromatic rings. The number of hydrogen-bond donors (Lipinski definition) is 2. The lowest BCUT2D eigenvalue weighted by Crippen LogP contribution is -2.51. The van der Waals surface area contributed by atoms with Gasteiger partial charge >= 0.3 is 0 Å². The van der Waals surface area contributed by atoms with Gasteiger partial charge in [-0.2, -0.15) is 0 Å². The maximum atomic E-state index is 14.2. The number of rotatable bonds is 6. The molecule has 1 aromatic heterocycles. The Hall–Kier alpha value is -2.10. The molecule has 1 aliphatic carbocycles. The third kappa shape index (κ3) is 5.05. The highest BCUT2D eigenvalue weighted by Crippen LogP contribution is 2.42. The van der Waals surface area contributed by atoms with Crippen LogP contribution >= 0.6 is 15.9 Å². The summed E-state index contributed by atoms with van der Waals surface area (Å²) < 4.78 is 14.6. The minimum Gasteiger partial charge on any atom is -0.387 e. The third-order valence-corrected chi connectivity index (χ3v) is 7.19. The van der Waals surface area contributed by atoms with Crippen LogP contribution in [0.1, 0.15) is 62.0 Å². The largest absolute Gasteiger partial charge is 0.387 e. The molecule has 33 heavy (non-hydrogen) atoms. The van der Waals surface area contributed by atoms with E-state index in [1.165, 1.54) is 12.4 Å². The number of halogens is 2. The Morgan fingerprint density at radius 2 is 2.00 bits per heavy atom. The standard InChI is InChI=1S/C24H31BrFN5O2/c1-14(2)27-12-17(16-4-5-18(25)19(26)11-16)24(33)31-8-6-30(7-9-31)23-21-15(3)10-20(32)22(21)28-13-29-23/h4-5,11,13-15,17,20,27,32H,6-10,12H2,1-3H3/t15?,17-,20-/m1/s1. The van der Waals surface area contributed by atoms with Crippen molar-refractivity contribution in [2.75, 3.05) is 37.6 Å². The molecule has 1 aliphatic heterocycles. The molecule has 9 heteroatoms. The van der Waals surface area contributed by atoms with Crippen LogP contribution in [-0.4, -0.2) is 64.6 Å². The smallest absolute Gasteiger partial charge is 0.231 e. The molecule has 3 atom stereocenters. The Morgan fingerprint density at radius 3 is 2.67 bits per heavy atom. The number of nitrogens with one attached hydrogen (secondary N) is 1. The van der Waals surface area contributed by atoms with Crippen molar-refractivity contribution in [3.8, 4) is 0 Å². The number of anilines is 1. The van der Waals surface area contributed by atoms with Gasteiger partial charge in [0.05, 0.1) is 22.2 Å². The van der Waals surface area contributed by atoms with Crippen LogP contribution in [0, 0.1) is 5.82 Å². The van der Waals surface area contributed by atoms with E-state index in [4.69, 9.17) is 0 Å². The highest BCUT2D eigenvalue weighted by atomic mass is 79.9. The molecule has 0 bridgehead atoms. The highest BCUT2D eigenvalue weighted by Gasteiger charge is 2.35. The summed E-state index contributed by atoms with van der Waals surface area (Å²) in [6, 6.07) is 5.13. The number of aliphatic hydroxyl groups is 1. The van der Waals surface area contributed by atoms with Crippen LogP contribution in [0.3, 0.4) is 0 Å². The monoisotopic (exact) mass is 519 g/mol. The minimum atomic E-state index is -0.542. The van der Waals surface area contributed by atoms with Gasteiger partial charge in [-0.15, -0.1) is 0 Å². The number of aliphatic hydroxyl groups excluding tert-OH is 1. The van der Waals surface area contributed by atoms with Crippen molar-refractivity contribution in [1.29, 1.82) is 0 Å². The Kier molecular flexibility index (Phi) is 7.31. The van der Waals surface area contributed by atoms with Crippen LogP contribution in [0.2, 0.25) is 0 Å².